The number of rotatable bonds is 3. The number of aromatic amines is 2. The molecule has 0 spiro atoms. The number of amides is 1. The van der Waals surface area contributed by atoms with Crippen LogP contribution in [0, 0.1) is 17.2 Å². The highest BCUT2D eigenvalue weighted by Gasteiger charge is 2.15. The summed E-state index contributed by atoms with van der Waals surface area (Å²) in [5.74, 6) is -0.997. The summed E-state index contributed by atoms with van der Waals surface area (Å²) >= 11 is 0. The molecule has 0 saturated heterocycles. The lowest BCUT2D eigenvalue weighted by Gasteiger charge is -2.07. The average Bonchev–Trinajstić information content (AvgIpc) is 2.70. The standard InChI is InChI=1S/C12H12N4O2/c1-2-7(6-13)11(17)14-8-3-4-9-10(5-8)16-12(18)15-9/h3-5,7H,2H2,1H3,(H,14,17)(H2,15,16,18). The van der Waals surface area contributed by atoms with Crippen LogP contribution < -0.4 is 11.0 Å². The zero-order valence-electron chi connectivity index (χ0n) is 9.78. The van der Waals surface area contributed by atoms with Crippen LogP contribution in [0.5, 0.6) is 0 Å². The molecule has 2 rings (SSSR count). The van der Waals surface area contributed by atoms with Crippen molar-refractivity contribution in [2.24, 2.45) is 5.92 Å². The number of hydrogen-bond donors (Lipinski definition) is 3. The van der Waals surface area contributed by atoms with Gasteiger partial charge in [0.05, 0.1) is 17.1 Å². The Balaban J connectivity index is 2.24. The van der Waals surface area contributed by atoms with Crippen LogP contribution >= 0.6 is 0 Å². The maximum absolute atomic E-state index is 11.7. The zero-order chi connectivity index (χ0) is 13.1. The van der Waals surface area contributed by atoms with Gasteiger partial charge in [0.1, 0.15) is 5.92 Å². The van der Waals surface area contributed by atoms with Crippen molar-refractivity contribution in [3.05, 3.63) is 28.7 Å². The number of fused-ring (bicyclic) bond motifs is 1. The molecule has 6 nitrogen and oxygen atoms in total. The van der Waals surface area contributed by atoms with Gasteiger partial charge in [-0.1, -0.05) is 6.92 Å². The van der Waals surface area contributed by atoms with Gasteiger partial charge in [0, 0.05) is 5.69 Å². The molecule has 1 amide bonds. The van der Waals surface area contributed by atoms with E-state index in [1.54, 1.807) is 25.1 Å². The fraction of sp³-hybridized carbons (Fsp3) is 0.250. The SMILES string of the molecule is CCC(C#N)C(=O)Nc1ccc2[nH]c(=O)[nH]c2c1. The molecule has 92 valence electrons. The topological polar surface area (TPSA) is 102 Å². The number of carbonyl (C=O) groups is 1. The molecular formula is C12H12N4O2. The summed E-state index contributed by atoms with van der Waals surface area (Å²) in [6.45, 7) is 1.78. The Bertz CT molecular complexity index is 677. The van der Waals surface area contributed by atoms with E-state index in [0.29, 0.717) is 23.1 Å². The van der Waals surface area contributed by atoms with Gasteiger partial charge in [-0.25, -0.2) is 4.79 Å². The lowest BCUT2D eigenvalue weighted by molar-refractivity contribution is -0.118. The van der Waals surface area contributed by atoms with Gasteiger partial charge in [-0.2, -0.15) is 5.26 Å². The molecule has 1 unspecified atom stereocenters. The molecule has 3 N–H and O–H groups in total. The number of nitrogens with one attached hydrogen (secondary N) is 3. The number of nitrogens with zero attached hydrogens (tertiary/aromatic N) is 1. The number of nitriles is 1. The molecule has 1 atom stereocenters. The minimum Gasteiger partial charge on any atom is -0.325 e. The molecule has 18 heavy (non-hydrogen) atoms. The summed E-state index contributed by atoms with van der Waals surface area (Å²) < 4.78 is 0. The molecule has 0 bridgehead atoms. The second-order valence-corrected chi connectivity index (χ2v) is 3.92. The summed E-state index contributed by atoms with van der Waals surface area (Å²) in [5.41, 5.74) is 1.54. The summed E-state index contributed by atoms with van der Waals surface area (Å²) in [4.78, 5) is 28.0. The van der Waals surface area contributed by atoms with Crippen molar-refractivity contribution >= 4 is 22.6 Å². The normalized spacial score (nSPS) is 12.0. The molecule has 1 aromatic carbocycles. The number of aromatic nitrogens is 2. The van der Waals surface area contributed by atoms with Gasteiger partial charge >= 0.3 is 5.69 Å². The number of carbonyl (C=O) groups excluding carboxylic acids is 1. The van der Waals surface area contributed by atoms with Crippen molar-refractivity contribution in [1.29, 1.82) is 5.26 Å². The maximum Gasteiger partial charge on any atom is 0.323 e. The van der Waals surface area contributed by atoms with E-state index in [2.05, 4.69) is 15.3 Å². The Labute approximate surface area is 103 Å². The Kier molecular flexibility index (Phi) is 3.15. The lowest BCUT2D eigenvalue weighted by atomic mass is 10.1. The van der Waals surface area contributed by atoms with Crippen LogP contribution in [0.1, 0.15) is 13.3 Å². The Morgan fingerprint density at radius 3 is 2.83 bits per heavy atom. The van der Waals surface area contributed by atoms with Gasteiger partial charge in [0.2, 0.25) is 5.91 Å². The van der Waals surface area contributed by atoms with Gasteiger partial charge in [0.15, 0.2) is 0 Å². The third-order valence-corrected chi connectivity index (χ3v) is 2.66. The molecule has 1 heterocycles. The van der Waals surface area contributed by atoms with Crippen LogP contribution in [0.25, 0.3) is 11.0 Å². The predicted octanol–water partition coefficient (Wildman–Crippen LogP) is 1.34. The highest BCUT2D eigenvalue weighted by molar-refractivity contribution is 5.95. The van der Waals surface area contributed by atoms with E-state index >= 15 is 0 Å². The maximum atomic E-state index is 11.7. The van der Waals surface area contributed by atoms with Crippen LogP contribution in [-0.4, -0.2) is 15.9 Å². The number of anilines is 1. The molecule has 0 aliphatic carbocycles. The first-order valence-corrected chi connectivity index (χ1v) is 5.56. The largest absolute Gasteiger partial charge is 0.325 e. The first-order chi connectivity index (χ1) is 8.63. The molecular weight excluding hydrogens is 232 g/mol. The van der Waals surface area contributed by atoms with E-state index in [1.807, 2.05) is 6.07 Å². The molecule has 2 aromatic rings. The monoisotopic (exact) mass is 244 g/mol. The van der Waals surface area contributed by atoms with Crippen molar-refractivity contribution in [3.8, 4) is 6.07 Å². The van der Waals surface area contributed by atoms with Gasteiger partial charge in [-0.3, -0.25) is 4.79 Å². The van der Waals surface area contributed by atoms with Crippen LogP contribution in [0.2, 0.25) is 0 Å². The lowest BCUT2D eigenvalue weighted by Crippen LogP contribution is -2.20. The Morgan fingerprint density at radius 1 is 1.44 bits per heavy atom. The number of H-pyrrole nitrogens is 2. The Hall–Kier alpha value is -2.55. The molecule has 0 aliphatic rings. The minimum atomic E-state index is -0.661. The summed E-state index contributed by atoms with van der Waals surface area (Å²) in [5, 5.41) is 11.4. The number of benzene rings is 1. The van der Waals surface area contributed by atoms with Gasteiger partial charge in [-0.05, 0) is 24.6 Å². The van der Waals surface area contributed by atoms with E-state index < -0.39 is 5.92 Å². The van der Waals surface area contributed by atoms with Crippen molar-refractivity contribution in [2.45, 2.75) is 13.3 Å². The average molecular weight is 244 g/mol. The third-order valence-electron chi connectivity index (χ3n) is 2.66. The van der Waals surface area contributed by atoms with Crippen LogP contribution in [0.4, 0.5) is 5.69 Å². The summed E-state index contributed by atoms with van der Waals surface area (Å²) in [6, 6.07) is 6.95. The van der Waals surface area contributed by atoms with Crippen molar-refractivity contribution in [1.82, 2.24) is 9.97 Å². The molecule has 0 fully saturated rings. The molecule has 6 heteroatoms. The molecule has 0 radical (unpaired) electrons. The number of hydrogen-bond acceptors (Lipinski definition) is 3. The highest BCUT2D eigenvalue weighted by Crippen LogP contribution is 2.15. The number of imidazole rings is 1. The summed E-state index contributed by atoms with van der Waals surface area (Å²) in [6.07, 6.45) is 0.464. The quantitative estimate of drug-likeness (QED) is 0.759. The summed E-state index contributed by atoms with van der Waals surface area (Å²) in [7, 11) is 0. The van der Waals surface area contributed by atoms with E-state index in [4.69, 9.17) is 5.26 Å². The molecule has 1 aromatic heterocycles. The van der Waals surface area contributed by atoms with E-state index in [9.17, 15) is 9.59 Å². The molecule has 0 aliphatic heterocycles. The first-order valence-electron chi connectivity index (χ1n) is 5.56. The van der Waals surface area contributed by atoms with Crippen LogP contribution in [0.15, 0.2) is 23.0 Å². The second kappa shape index (κ2) is 4.75. The van der Waals surface area contributed by atoms with Gasteiger partial charge < -0.3 is 15.3 Å². The molecule has 0 saturated carbocycles. The van der Waals surface area contributed by atoms with E-state index in [0.717, 1.165) is 0 Å². The van der Waals surface area contributed by atoms with Crippen molar-refractivity contribution in [2.75, 3.05) is 5.32 Å². The fourth-order valence-electron chi connectivity index (χ4n) is 1.67. The zero-order valence-corrected chi connectivity index (χ0v) is 9.78. The second-order valence-electron chi connectivity index (χ2n) is 3.92. The fourth-order valence-corrected chi connectivity index (χ4v) is 1.67. The van der Waals surface area contributed by atoms with Crippen LogP contribution in [-0.2, 0) is 4.79 Å². The van der Waals surface area contributed by atoms with Gasteiger partial charge in [0.25, 0.3) is 0 Å². The van der Waals surface area contributed by atoms with Crippen LogP contribution in [0.3, 0.4) is 0 Å². The third kappa shape index (κ3) is 2.25. The Morgan fingerprint density at radius 2 is 2.17 bits per heavy atom. The van der Waals surface area contributed by atoms with Crippen molar-refractivity contribution in [3.63, 3.8) is 0 Å². The van der Waals surface area contributed by atoms with E-state index in [1.165, 1.54) is 0 Å². The van der Waals surface area contributed by atoms with Crippen molar-refractivity contribution < 1.29 is 4.79 Å². The smallest absolute Gasteiger partial charge is 0.323 e. The first kappa shape index (κ1) is 11.9. The van der Waals surface area contributed by atoms with Gasteiger partial charge in [-0.15, -0.1) is 0 Å². The highest BCUT2D eigenvalue weighted by atomic mass is 16.2. The predicted molar refractivity (Wildman–Crippen MR) is 66.9 cm³/mol. The van der Waals surface area contributed by atoms with E-state index in [-0.39, 0.29) is 11.6 Å². The minimum absolute atomic E-state index is 0.295.